The molecule has 0 radical (unpaired) electrons. The van der Waals surface area contributed by atoms with Crippen LogP contribution in [0.2, 0.25) is 6.04 Å². The molecule has 0 aliphatic rings. The highest BCUT2D eigenvalue weighted by Crippen LogP contribution is 2.05. The summed E-state index contributed by atoms with van der Waals surface area (Å²) in [6.45, 7) is 7.36. The van der Waals surface area contributed by atoms with E-state index in [1.807, 2.05) is 0 Å². The Kier molecular flexibility index (Phi) is 9.86. The topological polar surface area (TPSA) is 54.0 Å². The first-order valence-electron chi connectivity index (χ1n) is 6.05. The Bertz CT molecular complexity index is 253. The van der Waals surface area contributed by atoms with Gasteiger partial charge in [-0.05, 0) is 32.7 Å². The molecule has 0 spiro atoms. The number of carbonyl (C=O) groups is 1. The minimum atomic E-state index is -1.45. The number of rotatable bonds is 10. The van der Waals surface area contributed by atoms with Crippen LogP contribution in [0.5, 0.6) is 0 Å². The van der Waals surface area contributed by atoms with Crippen molar-refractivity contribution in [3.63, 3.8) is 0 Å². The molecular weight excluding hydrogens is 252 g/mol. The summed E-state index contributed by atoms with van der Waals surface area (Å²) in [4.78, 5) is 11.2. The van der Waals surface area contributed by atoms with Crippen LogP contribution in [0.25, 0.3) is 0 Å². The minimum Gasteiger partial charge on any atom is -0.433 e. The third-order valence-electron chi connectivity index (χ3n) is 2.33. The van der Waals surface area contributed by atoms with Crippen molar-refractivity contribution in [2.45, 2.75) is 39.0 Å². The fraction of sp³-hybridized carbons (Fsp3) is 0.750. The molecule has 0 N–H and O–H groups in total. The maximum absolute atomic E-state index is 11.2. The lowest BCUT2D eigenvalue weighted by Gasteiger charge is -2.14. The first kappa shape index (κ1) is 17.3. The van der Waals surface area contributed by atoms with Crippen LogP contribution in [0.4, 0.5) is 0 Å². The molecular formula is C12H24O5Si. The Morgan fingerprint density at radius 3 is 2.39 bits per heavy atom. The van der Waals surface area contributed by atoms with Crippen LogP contribution in [0.1, 0.15) is 26.7 Å². The second-order valence-corrected chi connectivity index (χ2v) is 6.40. The molecule has 0 aromatic carbocycles. The first-order chi connectivity index (χ1) is 8.51. The molecule has 0 heterocycles. The molecule has 106 valence electrons. The lowest BCUT2D eigenvalue weighted by Crippen LogP contribution is -2.20. The zero-order valence-electron chi connectivity index (χ0n) is 11.7. The van der Waals surface area contributed by atoms with Gasteiger partial charge in [-0.3, -0.25) is 0 Å². The predicted octanol–water partition coefficient (Wildman–Crippen LogP) is 1.76. The highest BCUT2D eigenvalue weighted by Gasteiger charge is 2.11. The highest BCUT2D eigenvalue weighted by molar-refractivity contribution is 6.44. The van der Waals surface area contributed by atoms with Gasteiger partial charge in [0.15, 0.2) is 6.29 Å². The van der Waals surface area contributed by atoms with Crippen molar-refractivity contribution in [3.8, 4) is 0 Å². The number of hydrogen-bond acceptors (Lipinski definition) is 5. The van der Waals surface area contributed by atoms with Crippen LogP contribution >= 0.6 is 0 Å². The van der Waals surface area contributed by atoms with E-state index < -0.39 is 21.5 Å². The normalized spacial score (nSPS) is 12.5. The van der Waals surface area contributed by atoms with E-state index in [4.69, 9.17) is 18.3 Å². The van der Waals surface area contributed by atoms with Gasteiger partial charge >= 0.3 is 15.3 Å². The van der Waals surface area contributed by atoms with Gasteiger partial charge in [-0.1, -0.05) is 6.58 Å². The standard InChI is InChI=1S/C12H24O5Si/c1-10(2)12(13)17-11(3)16-8-6-7-9-18(14-4)15-5/h11,18H,1,6-9H2,2-5H3. The molecule has 0 bridgehead atoms. The van der Waals surface area contributed by atoms with Gasteiger partial charge in [0.1, 0.15) is 0 Å². The van der Waals surface area contributed by atoms with Gasteiger partial charge in [-0.25, -0.2) is 4.79 Å². The summed E-state index contributed by atoms with van der Waals surface area (Å²) in [7, 11) is 1.90. The molecule has 0 aromatic rings. The van der Waals surface area contributed by atoms with Crippen molar-refractivity contribution in [2.24, 2.45) is 0 Å². The second-order valence-electron chi connectivity index (χ2n) is 4.02. The summed E-state index contributed by atoms with van der Waals surface area (Å²) in [5, 5.41) is 0. The second kappa shape index (κ2) is 10.2. The van der Waals surface area contributed by atoms with Crippen molar-refractivity contribution in [1.29, 1.82) is 0 Å². The first-order valence-corrected chi connectivity index (χ1v) is 7.80. The van der Waals surface area contributed by atoms with Crippen LogP contribution in [0.3, 0.4) is 0 Å². The van der Waals surface area contributed by atoms with Crippen LogP contribution in [-0.4, -0.2) is 42.4 Å². The smallest absolute Gasteiger partial charge is 0.335 e. The fourth-order valence-corrected chi connectivity index (χ4v) is 2.57. The number of ether oxygens (including phenoxy) is 2. The van der Waals surface area contributed by atoms with Gasteiger partial charge in [0.25, 0.3) is 0 Å². The number of esters is 1. The highest BCUT2D eigenvalue weighted by atomic mass is 28.3. The molecule has 0 aliphatic carbocycles. The van der Waals surface area contributed by atoms with E-state index in [1.54, 1.807) is 28.1 Å². The van der Waals surface area contributed by atoms with Gasteiger partial charge < -0.3 is 18.3 Å². The average molecular weight is 276 g/mol. The zero-order valence-corrected chi connectivity index (χ0v) is 12.9. The van der Waals surface area contributed by atoms with E-state index in [0.29, 0.717) is 12.2 Å². The lowest BCUT2D eigenvalue weighted by atomic mass is 10.3. The number of hydrogen-bond donors (Lipinski definition) is 0. The van der Waals surface area contributed by atoms with Crippen molar-refractivity contribution >= 4 is 15.3 Å². The summed E-state index contributed by atoms with van der Waals surface area (Å²) >= 11 is 0. The summed E-state index contributed by atoms with van der Waals surface area (Å²) in [6, 6.07) is 0.955. The van der Waals surface area contributed by atoms with Gasteiger partial charge in [0, 0.05) is 19.8 Å². The quantitative estimate of drug-likeness (QED) is 0.200. The fourth-order valence-electron chi connectivity index (χ4n) is 1.28. The summed E-state index contributed by atoms with van der Waals surface area (Å²) in [5.74, 6) is -0.422. The molecule has 0 rings (SSSR count). The third kappa shape index (κ3) is 8.41. The number of carbonyl (C=O) groups excluding carboxylic acids is 1. The summed E-state index contributed by atoms with van der Waals surface area (Å²) < 4.78 is 20.7. The van der Waals surface area contributed by atoms with Gasteiger partial charge in [0.05, 0.1) is 6.61 Å². The average Bonchev–Trinajstić information content (AvgIpc) is 2.33. The molecule has 1 unspecified atom stereocenters. The zero-order chi connectivity index (χ0) is 14.0. The maximum atomic E-state index is 11.2. The molecule has 0 saturated heterocycles. The molecule has 0 aliphatic heterocycles. The molecule has 18 heavy (non-hydrogen) atoms. The van der Waals surface area contributed by atoms with E-state index >= 15 is 0 Å². The largest absolute Gasteiger partial charge is 0.433 e. The van der Waals surface area contributed by atoms with Gasteiger partial charge in [0.2, 0.25) is 0 Å². The Labute approximate surface area is 111 Å². The predicted molar refractivity (Wildman–Crippen MR) is 71.5 cm³/mol. The Hall–Kier alpha value is -0.693. The van der Waals surface area contributed by atoms with Crippen LogP contribution < -0.4 is 0 Å². The van der Waals surface area contributed by atoms with Crippen molar-refractivity contribution < 1.29 is 23.1 Å². The minimum absolute atomic E-state index is 0.375. The molecule has 1 atom stereocenters. The lowest BCUT2D eigenvalue weighted by molar-refractivity contribution is -0.170. The molecule has 0 fully saturated rings. The summed E-state index contributed by atoms with van der Waals surface area (Å²) in [6.07, 6.45) is 1.34. The van der Waals surface area contributed by atoms with Crippen molar-refractivity contribution in [1.82, 2.24) is 0 Å². The Morgan fingerprint density at radius 1 is 1.28 bits per heavy atom. The molecule has 0 amide bonds. The van der Waals surface area contributed by atoms with Crippen LogP contribution in [-0.2, 0) is 23.1 Å². The SMILES string of the molecule is C=C(C)C(=O)OC(C)OCCCC[SiH](OC)OC. The Morgan fingerprint density at radius 2 is 1.89 bits per heavy atom. The summed E-state index contributed by atoms with van der Waals surface area (Å²) in [5.41, 5.74) is 0.375. The van der Waals surface area contributed by atoms with E-state index in [2.05, 4.69) is 6.58 Å². The van der Waals surface area contributed by atoms with Crippen LogP contribution in [0.15, 0.2) is 12.2 Å². The maximum Gasteiger partial charge on any atom is 0.335 e. The Balaban J connectivity index is 3.54. The van der Waals surface area contributed by atoms with Crippen LogP contribution in [0, 0.1) is 0 Å². The van der Waals surface area contributed by atoms with E-state index in [-0.39, 0.29) is 0 Å². The monoisotopic (exact) mass is 276 g/mol. The van der Waals surface area contributed by atoms with E-state index in [1.165, 1.54) is 0 Å². The van der Waals surface area contributed by atoms with Crippen molar-refractivity contribution in [3.05, 3.63) is 12.2 Å². The molecule has 6 heteroatoms. The number of unbranched alkanes of at least 4 members (excludes halogenated alkanes) is 1. The molecule has 5 nitrogen and oxygen atoms in total. The third-order valence-corrected chi connectivity index (χ3v) is 4.27. The van der Waals surface area contributed by atoms with Crippen molar-refractivity contribution in [2.75, 3.05) is 20.8 Å². The molecule has 0 saturated carbocycles. The molecule has 0 aromatic heterocycles. The van der Waals surface area contributed by atoms with Gasteiger partial charge in [-0.15, -0.1) is 0 Å². The van der Waals surface area contributed by atoms with E-state index in [0.717, 1.165) is 18.9 Å². The van der Waals surface area contributed by atoms with E-state index in [9.17, 15) is 4.79 Å². The van der Waals surface area contributed by atoms with Gasteiger partial charge in [-0.2, -0.15) is 0 Å².